The zero-order valence-electron chi connectivity index (χ0n) is 14.1. The van der Waals surface area contributed by atoms with Gasteiger partial charge in [0.1, 0.15) is 0 Å². The second-order valence-corrected chi connectivity index (χ2v) is 5.96. The van der Waals surface area contributed by atoms with E-state index in [9.17, 15) is 18.0 Å². The van der Waals surface area contributed by atoms with Crippen LogP contribution in [0, 0.1) is 0 Å². The van der Waals surface area contributed by atoms with E-state index in [2.05, 4.69) is 20.0 Å². The van der Waals surface area contributed by atoms with Crippen molar-refractivity contribution in [3.8, 4) is 11.4 Å². The molecule has 0 saturated carbocycles. The Morgan fingerprint density at radius 1 is 1.28 bits per heavy atom. The predicted molar refractivity (Wildman–Crippen MR) is 84.8 cm³/mol. The van der Waals surface area contributed by atoms with Crippen molar-refractivity contribution in [2.45, 2.75) is 25.6 Å². The summed E-state index contributed by atoms with van der Waals surface area (Å²) in [6.45, 7) is 2.76. The van der Waals surface area contributed by atoms with E-state index >= 15 is 0 Å². The van der Waals surface area contributed by atoms with Gasteiger partial charge in [0.25, 0.3) is 5.91 Å². The lowest BCUT2D eigenvalue weighted by Gasteiger charge is -2.16. The molecule has 0 unspecified atom stereocenters. The molecule has 1 atom stereocenters. The number of amides is 1. The first-order valence-electron chi connectivity index (χ1n) is 7.63. The van der Waals surface area contributed by atoms with Crippen LogP contribution >= 0.6 is 0 Å². The molecule has 1 aromatic heterocycles. The van der Waals surface area contributed by atoms with Gasteiger partial charge in [0.05, 0.1) is 0 Å². The van der Waals surface area contributed by atoms with E-state index in [0.717, 1.165) is 13.0 Å². The topological polar surface area (TPSA) is 71.3 Å². The molecule has 6 nitrogen and oxygen atoms in total. The van der Waals surface area contributed by atoms with E-state index < -0.39 is 12.1 Å². The quantitative estimate of drug-likeness (QED) is 0.862. The summed E-state index contributed by atoms with van der Waals surface area (Å²) < 4.78 is 41.6. The summed E-state index contributed by atoms with van der Waals surface area (Å²) >= 11 is 0. The summed E-state index contributed by atoms with van der Waals surface area (Å²) in [7, 11) is 3.91. The summed E-state index contributed by atoms with van der Waals surface area (Å²) in [5, 5.41) is 6.18. The lowest BCUT2D eigenvalue weighted by atomic mass is 10.1. The second-order valence-electron chi connectivity index (χ2n) is 5.96. The molecule has 9 heteroatoms. The number of benzene rings is 1. The van der Waals surface area contributed by atoms with Crippen molar-refractivity contribution < 1.29 is 22.5 Å². The van der Waals surface area contributed by atoms with Gasteiger partial charge in [0, 0.05) is 17.2 Å². The van der Waals surface area contributed by atoms with Crippen molar-refractivity contribution in [2.24, 2.45) is 0 Å². The summed E-state index contributed by atoms with van der Waals surface area (Å²) in [6, 6.07) is 5.97. The Hall–Kier alpha value is -2.42. The number of hydrogen-bond acceptors (Lipinski definition) is 5. The molecule has 25 heavy (non-hydrogen) atoms. The summed E-state index contributed by atoms with van der Waals surface area (Å²) in [5.41, 5.74) is 0.733. The van der Waals surface area contributed by atoms with Crippen LogP contribution in [-0.2, 0) is 6.18 Å². The number of hydrogen-bond donors (Lipinski definition) is 1. The molecule has 2 rings (SSSR count). The Labute approximate surface area is 143 Å². The molecular formula is C16H19F3N4O2. The van der Waals surface area contributed by atoms with E-state index in [0.29, 0.717) is 11.1 Å². The van der Waals surface area contributed by atoms with Gasteiger partial charge in [-0.2, -0.15) is 18.2 Å². The van der Waals surface area contributed by atoms with Crippen LogP contribution in [0.25, 0.3) is 11.4 Å². The van der Waals surface area contributed by atoms with Crippen LogP contribution in [0.3, 0.4) is 0 Å². The average molecular weight is 356 g/mol. The number of rotatable bonds is 6. The Morgan fingerprint density at radius 3 is 2.44 bits per heavy atom. The normalized spacial score (nSPS) is 13.1. The van der Waals surface area contributed by atoms with Gasteiger partial charge in [0.15, 0.2) is 0 Å². The molecule has 136 valence electrons. The van der Waals surface area contributed by atoms with Crippen LogP contribution < -0.4 is 5.32 Å². The maximum Gasteiger partial charge on any atom is 0.471 e. The third-order valence-electron chi connectivity index (χ3n) is 3.46. The Morgan fingerprint density at radius 2 is 1.92 bits per heavy atom. The van der Waals surface area contributed by atoms with Gasteiger partial charge in [-0.05, 0) is 46.1 Å². The fraction of sp³-hybridized carbons (Fsp3) is 0.438. The van der Waals surface area contributed by atoms with E-state index in [-0.39, 0.29) is 17.8 Å². The number of nitrogens with one attached hydrogen (secondary N) is 1. The highest BCUT2D eigenvalue weighted by molar-refractivity contribution is 5.94. The Balaban J connectivity index is 2.02. The van der Waals surface area contributed by atoms with Gasteiger partial charge in [0.2, 0.25) is 5.82 Å². The summed E-state index contributed by atoms with van der Waals surface area (Å²) in [5.74, 6) is -1.83. The van der Waals surface area contributed by atoms with Crippen molar-refractivity contribution in [3.63, 3.8) is 0 Å². The maximum absolute atomic E-state index is 12.5. The second kappa shape index (κ2) is 7.64. The Bertz CT molecular complexity index is 711. The van der Waals surface area contributed by atoms with E-state index in [4.69, 9.17) is 0 Å². The van der Waals surface area contributed by atoms with E-state index in [1.165, 1.54) is 24.3 Å². The lowest BCUT2D eigenvalue weighted by molar-refractivity contribution is -0.159. The van der Waals surface area contributed by atoms with Gasteiger partial charge in [-0.1, -0.05) is 17.3 Å². The molecule has 1 amide bonds. The van der Waals surface area contributed by atoms with Crippen molar-refractivity contribution in [3.05, 3.63) is 35.7 Å². The molecule has 2 aromatic rings. The number of carbonyl (C=O) groups is 1. The standard InChI is InChI=1S/C16H19F3N4O2/c1-10(8-9-23(2)3)20-14(24)12-6-4-11(5-7-12)13-21-15(25-22-13)16(17,18)19/h4-7,10H,8-9H2,1-3H3,(H,20,24)/t10-/m1/s1. The van der Waals surface area contributed by atoms with E-state index in [1.54, 1.807) is 0 Å². The molecular weight excluding hydrogens is 337 g/mol. The molecule has 1 aromatic carbocycles. The summed E-state index contributed by atoms with van der Waals surface area (Å²) in [6.07, 6.45) is -3.88. The van der Waals surface area contributed by atoms with Crippen molar-refractivity contribution >= 4 is 5.91 Å². The van der Waals surface area contributed by atoms with Gasteiger partial charge in [-0.15, -0.1) is 0 Å². The van der Waals surface area contributed by atoms with Gasteiger partial charge >= 0.3 is 12.1 Å². The highest BCUT2D eigenvalue weighted by atomic mass is 19.4. The van der Waals surface area contributed by atoms with Crippen molar-refractivity contribution in [1.29, 1.82) is 0 Å². The molecule has 0 saturated heterocycles. The smallest absolute Gasteiger partial charge is 0.350 e. The molecule has 0 bridgehead atoms. The fourth-order valence-corrected chi connectivity index (χ4v) is 2.06. The number of halogens is 3. The molecule has 0 radical (unpaired) electrons. The molecule has 0 aliphatic carbocycles. The molecule has 1 N–H and O–H groups in total. The molecule has 1 heterocycles. The minimum Gasteiger partial charge on any atom is -0.350 e. The molecule has 0 aliphatic rings. The van der Waals surface area contributed by atoms with Crippen LogP contribution in [0.2, 0.25) is 0 Å². The predicted octanol–water partition coefficient (Wildman–Crippen LogP) is 2.83. The van der Waals surface area contributed by atoms with E-state index in [1.807, 2.05) is 25.9 Å². The number of alkyl halides is 3. The zero-order valence-corrected chi connectivity index (χ0v) is 14.1. The number of nitrogens with zero attached hydrogens (tertiary/aromatic N) is 3. The largest absolute Gasteiger partial charge is 0.471 e. The fourth-order valence-electron chi connectivity index (χ4n) is 2.06. The van der Waals surface area contributed by atoms with Crippen molar-refractivity contribution in [1.82, 2.24) is 20.4 Å². The molecule has 0 fully saturated rings. The van der Waals surface area contributed by atoms with Crippen molar-refractivity contribution in [2.75, 3.05) is 20.6 Å². The lowest BCUT2D eigenvalue weighted by Crippen LogP contribution is -2.34. The third-order valence-corrected chi connectivity index (χ3v) is 3.46. The third kappa shape index (κ3) is 5.28. The number of aromatic nitrogens is 2. The first kappa shape index (κ1) is 18.9. The van der Waals surface area contributed by atoms with Crippen LogP contribution in [0.4, 0.5) is 13.2 Å². The molecule has 0 spiro atoms. The SMILES string of the molecule is C[C@H](CCN(C)C)NC(=O)c1ccc(-c2noc(C(F)(F)F)n2)cc1. The van der Waals surface area contributed by atoms with Crippen LogP contribution in [-0.4, -0.2) is 47.6 Å². The number of carbonyl (C=O) groups excluding carboxylic acids is 1. The highest BCUT2D eigenvalue weighted by Crippen LogP contribution is 2.29. The van der Waals surface area contributed by atoms with Crippen LogP contribution in [0.1, 0.15) is 29.6 Å². The molecule has 0 aliphatic heterocycles. The summed E-state index contributed by atoms with van der Waals surface area (Å²) in [4.78, 5) is 17.5. The first-order chi connectivity index (χ1) is 11.7. The van der Waals surface area contributed by atoms with Crippen LogP contribution in [0.15, 0.2) is 28.8 Å². The van der Waals surface area contributed by atoms with Gasteiger partial charge < -0.3 is 14.7 Å². The van der Waals surface area contributed by atoms with Gasteiger partial charge in [-0.3, -0.25) is 4.79 Å². The average Bonchev–Trinajstić information content (AvgIpc) is 3.03. The first-order valence-corrected chi connectivity index (χ1v) is 7.63. The van der Waals surface area contributed by atoms with Gasteiger partial charge in [-0.25, -0.2) is 0 Å². The highest BCUT2D eigenvalue weighted by Gasteiger charge is 2.38. The van der Waals surface area contributed by atoms with Crippen LogP contribution in [0.5, 0.6) is 0 Å². The minimum atomic E-state index is -4.69. The zero-order chi connectivity index (χ0) is 18.6. The maximum atomic E-state index is 12.5. The Kier molecular flexibility index (Phi) is 5.78. The minimum absolute atomic E-state index is 0.00104. The monoisotopic (exact) mass is 356 g/mol.